The number of carbonyl (C=O) groups is 1. The van der Waals surface area contributed by atoms with Crippen LogP contribution >= 0.6 is 0 Å². The van der Waals surface area contributed by atoms with Gasteiger partial charge in [0.1, 0.15) is 0 Å². The summed E-state index contributed by atoms with van der Waals surface area (Å²) in [4.78, 5) is 21.3. The van der Waals surface area contributed by atoms with Crippen LogP contribution < -0.4 is 4.74 Å². The molecule has 2 fully saturated rings. The Morgan fingerprint density at radius 1 is 1.33 bits per heavy atom. The lowest BCUT2D eigenvalue weighted by Crippen LogP contribution is -2.47. The van der Waals surface area contributed by atoms with Gasteiger partial charge >= 0.3 is 0 Å². The van der Waals surface area contributed by atoms with E-state index in [0.29, 0.717) is 23.9 Å². The number of ether oxygens (including phenoxy) is 1. The highest BCUT2D eigenvalue weighted by Gasteiger charge is 2.31. The van der Waals surface area contributed by atoms with Crippen LogP contribution in [0.15, 0.2) is 18.3 Å². The van der Waals surface area contributed by atoms with Gasteiger partial charge in [-0.25, -0.2) is 4.98 Å². The van der Waals surface area contributed by atoms with Gasteiger partial charge in [0.15, 0.2) is 0 Å². The van der Waals surface area contributed by atoms with Gasteiger partial charge in [0.2, 0.25) is 5.88 Å². The number of rotatable bonds is 5. The molecule has 6 heteroatoms. The Morgan fingerprint density at radius 2 is 2.08 bits per heavy atom. The normalized spacial score (nSPS) is 25.0. The summed E-state index contributed by atoms with van der Waals surface area (Å²) in [6.07, 6.45) is 5.14. The topological polar surface area (TPSA) is 65.9 Å². The zero-order valence-corrected chi connectivity index (χ0v) is 14.4. The molecule has 0 aliphatic carbocycles. The van der Waals surface area contributed by atoms with E-state index >= 15 is 0 Å². The molecular formula is C18H27N3O3. The summed E-state index contributed by atoms with van der Waals surface area (Å²) < 4.78 is 5.12. The lowest BCUT2D eigenvalue weighted by molar-refractivity contribution is 0.0465. The Morgan fingerprint density at radius 3 is 2.79 bits per heavy atom. The van der Waals surface area contributed by atoms with Gasteiger partial charge in [0.25, 0.3) is 5.91 Å². The van der Waals surface area contributed by atoms with Crippen molar-refractivity contribution >= 4 is 5.91 Å². The SMILES string of the molecule is COc1cc(C(=O)N2C[C@@H](CN3CCCC3)C[C@H](CO)C2)ccn1. The average molecular weight is 333 g/mol. The molecule has 3 heterocycles. The van der Waals surface area contributed by atoms with Crippen molar-refractivity contribution in [1.82, 2.24) is 14.8 Å². The molecule has 0 radical (unpaired) electrons. The van der Waals surface area contributed by atoms with Crippen LogP contribution in [-0.4, -0.2) is 72.2 Å². The highest BCUT2D eigenvalue weighted by molar-refractivity contribution is 5.94. The number of hydrogen-bond acceptors (Lipinski definition) is 5. The van der Waals surface area contributed by atoms with Crippen LogP contribution in [0.25, 0.3) is 0 Å². The molecule has 1 amide bonds. The van der Waals surface area contributed by atoms with Gasteiger partial charge in [-0.05, 0) is 50.3 Å². The van der Waals surface area contributed by atoms with E-state index in [0.717, 1.165) is 32.6 Å². The van der Waals surface area contributed by atoms with Crippen LogP contribution in [0.3, 0.4) is 0 Å². The fraction of sp³-hybridized carbons (Fsp3) is 0.667. The Balaban J connectivity index is 1.69. The number of aliphatic hydroxyl groups is 1. The number of aliphatic hydroxyl groups excluding tert-OH is 1. The first-order valence-corrected chi connectivity index (χ1v) is 8.82. The fourth-order valence-corrected chi connectivity index (χ4v) is 3.92. The van der Waals surface area contributed by atoms with Crippen LogP contribution in [-0.2, 0) is 0 Å². The number of carbonyl (C=O) groups excluding carboxylic acids is 1. The summed E-state index contributed by atoms with van der Waals surface area (Å²) in [5.41, 5.74) is 0.598. The molecule has 6 nitrogen and oxygen atoms in total. The highest BCUT2D eigenvalue weighted by atomic mass is 16.5. The third-order valence-electron chi connectivity index (χ3n) is 5.08. The van der Waals surface area contributed by atoms with Gasteiger partial charge in [0, 0.05) is 44.1 Å². The lowest BCUT2D eigenvalue weighted by Gasteiger charge is -2.38. The Bertz CT molecular complexity index is 560. The Hall–Kier alpha value is -1.66. The smallest absolute Gasteiger partial charge is 0.254 e. The third-order valence-corrected chi connectivity index (χ3v) is 5.08. The van der Waals surface area contributed by atoms with E-state index in [2.05, 4.69) is 9.88 Å². The van der Waals surface area contributed by atoms with Crippen LogP contribution in [0.5, 0.6) is 5.88 Å². The maximum absolute atomic E-state index is 12.9. The standard InChI is InChI=1S/C18H27N3O3/c1-24-17-9-16(4-5-19-17)18(23)21-11-14(8-15(12-21)13-22)10-20-6-2-3-7-20/h4-5,9,14-15,22H,2-3,6-8,10-13H2,1H3/t14-,15+/m1/s1. The number of amides is 1. The van der Waals surface area contributed by atoms with Gasteiger partial charge < -0.3 is 19.6 Å². The molecule has 3 rings (SSSR count). The molecule has 0 spiro atoms. The molecule has 1 N–H and O–H groups in total. The molecule has 0 aromatic carbocycles. The van der Waals surface area contributed by atoms with Crippen molar-refractivity contribution in [2.75, 3.05) is 46.4 Å². The largest absolute Gasteiger partial charge is 0.481 e. The number of nitrogens with zero attached hydrogens (tertiary/aromatic N) is 3. The average Bonchev–Trinajstić information content (AvgIpc) is 3.13. The summed E-state index contributed by atoms with van der Waals surface area (Å²) >= 11 is 0. The number of pyridine rings is 1. The molecule has 132 valence electrons. The van der Waals surface area contributed by atoms with Crippen molar-refractivity contribution in [1.29, 1.82) is 0 Å². The van der Waals surface area contributed by atoms with Crippen LogP contribution in [0.1, 0.15) is 29.6 Å². The molecule has 2 aliphatic heterocycles. The van der Waals surface area contributed by atoms with Crippen molar-refractivity contribution in [2.45, 2.75) is 19.3 Å². The van der Waals surface area contributed by atoms with E-state index in [4.69, 9.17) is 4.74 Å². The predicted molar refractivity (Wildman–Crippen MR) is 91.0 cm³/mol. The highest BCUT2D eigenvalue weighted by Crippen LogP contribution is 2.25. The molecule has 1 aromatic heterocycles. The van der Waals surface area contributed by atoms with E-state index in [1.54, 1.807) is 25.4 Å². The van der Waals surface area contributed by atoms with Gasteiger partial charge in [-0.3, -0.25) is 4.79 Å². The Kier molecular flexibility index (Phi) is 5.68. The third kappa shape index (κ3) is 4.05. The second kappa shape index (κ2) is 7.94. The monoisotopic (exact) mass is 333 g/mol. The second-order valence-corrected chi connectivity index (χ2v) is 6.96. The van der Waals surface area contributed by atoms with E-state index in [1.807, 2.05) is 4.90 Å². The number of hydrogen-bond donors (Lipinski definition) is 1. The van der Waals surface area contributed by atoms with Gasteiger partial charge in [-0.15, -0.1) is 0 Å². The first-order valence-electron chi connectivity index (χ1n) is 8.82. The quantitative estimate of drug-likeness (QED) is 0.879. The van der Waals surface area contributed by atoms with E-state index in [9.17, 15) is 9.90 Å². The second-order valence-electron chi connectivity index (χ2n) is 6.96. The summed E-state index contributed by atoms with van der Waals surface area (Å²) in [6.45, 7) is 4.87. The first kappa shape index (κ1) is 17.2. The molecule has 24 heavy (non-hydrogen) atoms. The number of likely N-dealkylation sites (tertiary alicyclic amines) is 2. The molecule has 2 aliphatic rings. The van der Waals surface area contributed by atoms with Gasteiger partial charge in [-0.2, -0.15) is 0 Å². The first-order chi connectivity index (χ1) is 11.7. The van der Waals surface area contributed by atoms with Crippen LogP contribution in [0.2, 0.25) is 0 Å². The molecule has 0 unspecified atom stereocenters. The summed E-state index contributed by atoms with van der Waals surface area (Å²) in [5.74, 6) is 1.05. The van der Waals surface area contributed by atoms with Crippen molar-refractivity contribution in [3.05, 3.63) is 23.9 Å². The van der Waals surface area contributed by atoms with Gasteiger partial charge in [0.05, 0.1) is 7.11 Å². The van der Waals surface area contributed by atoms with Crippen molar-refractivity contribution in [2.24, 2.45) is 11.8 Å². The zero-order valence-electron chi connectivity index (χ0n) is 14.4. The minimum absolute atomic E-state index is 0.000252. The maximum atomic E-state index is 12.9. The minimum atomic E-state index is 0.000252. The predicted octanol–water partition coefficient (Wildman–Crippen LogP) is 1.26. The van der Waals surface area contributed by atoms with Crippen molar-refractivity contribution in [3.63, 3.8) is 0 Å². The summed E-state index contributed by atoms with van der Waals surface area (Å²) in [6, 6.07) is 3.41. The lowest BCUT2D eigenvalue weighted by atomic mass is 9.89. The minimum Gasteiger partial charge on any atom is -0.481 e. The van der Waals surface area contributed by atoms with E-state index < -0.39 is 0 Å². The van der Waals surface area contributed by atoms with E-state index in [-0.39, 0.29) is 18.4 Å². The molecule has 2 saturated heterocycles. The van der Waals surface area contributed by atoms with Crippen molar-refractivity contribution in [3.8, 4) is 5.88 Å². The van der Waals surface area contributed by atoms with Crippen molar-refractivity contribution < 1.29 is 14.6 Å². The number of methoxy groups -OCH3 is 1. The van der Waals surface area contributed by atoms with Crippen LogP contribution in [0, 0.1) is 11.8 Å². The summed E-state index contributed by atoms with van der Waals surface area (Å²) in [7, 11) is 1.55. The maximum Gasteiger partial charge on any atom is 0.254 e. The van der Waals surface area contributed by atoms with Crippen LogP contribution in [0.4, 0.5) is 0 Å². The fourth-order valence-electron chi connectivity index (χ4n) is 3.92. The molecule has 2 atom stereocenters. The zero-order chi connectivity index (χ0) is 16.9. The summed E-state index contributed by atoms with van der Waals surface area (Å²) in [5, 5.41) is 9.64. The number of piperidine rings is 1. The Labute approximate surface area is 143 Å². The molecule has 0 bridgehead atoms. The molecular weight excluding hydrogens is 306 g/mol. The molecule has 0 saturated carbocycles. The van der Waals surface area contributed by atoms with E-state index in [1.165, 1.54) is 12.8 Å². The number of aromatic nitrogens is 1. The van der Waals surface area contributed by atoms with Gasteiger partial charge in [-0.1, -0.05) is 0 Å². The molecule has 1 aromatic rings.